The lowest BCUT2D eigenvalue weighted by Gasteiger charge is -2.11. The second-order valence-corrected chi connectivity index (χ2v) is 6.46. The summed E-state index contributed by atoms with van der Waals surface area (Å²) in [5.74, 6) is 0.794. The van der Waals surface area contributed by atoms with Gasteiger partial charge in [-0.3, -0.25) is 4.79 Å². The summed E-state index contributed by atoms with van der Waals surface area (Å²) in [7, 11) is 1.55. The van der Waals surface area contributed by atoms with Gasteiger partial charge in [-0.15, -0.1) is 0 Å². The SMILES string of the molecule is COc1ccccc1OCc1cccc(C(=O)Nc2cnn(COCC(F)(F)F)c2)c1. The zero-order valence-electron chi connectivity index (χ0n) is 16.6. The molecule has 0 saturated heterocycles. The van der Waals surface area contributed by atoms with Crippen LogP contribution in [0.15, 0.2) is 60.9 Å². The summed E-state index contributed by atoms with van der Waals surface area (Å²) < 4.78 is 53.0. The summed E-state index contributed by atoms with van der Waals surface area (Å²) in [6.07, 6.45) is -1.71. The van der Waals surface area contributed by atoms with E-state index in [4.69, 9.17) is 9.47 Å². The van der Waals surface area contributed by atoms with Crippen LogP contribution in [0.1, 0.15) is 15.9 Å². The van der Waals surface area contributed by atoms with Crippen LogP contribution in [-0.4, -0.2) is 35.6 Å². The standard InChI is InChI=1S/C21H20F3N3O4/c1-29-18-7-2-3-8-19(18)31-12-15-5-4-6-16(9-15)20(28)26-17-10-25-27(11-17)14-30-13-21(22,23)24/h2-11H,12-14H2,1H3,(H,26,28). The number of carbonyl (C=O) groups excluding carboxylic acids is 1. The molecule has 3 rings (SSSR count). The van der Waals surface area contributed by atoms with Crippen LogP contribution in [0.3, 0.4) is 0 Å². The molecule has 0 saturated carbocycles. The average molecular weight is 435 g/mol. The minimum absolute atomic E-state index is 0.232. The van der Waals surface area contributed by atoms with E-state index in [1.54, 1.807) is 37.4 Å². The molecule has 0 spiro atoms. The summed E-state index contributed by atoms with van der Waals surface area (Å²) in [5, 5.41) is 6.50. The lowest BCUT2D eigenvalue weighted by molar-refractivity contribution is -0.182. The van der Waals surface area contributed by atoms with E-state index in [0.717, 1.165) is 10.2 Å². The fourth-order valence-corrected chi connectivity index (χ4v) is 2.66. The van der Waals surface area contributed by atoms with Crippen molar-refractivity contribution in [1.82, 2.24) is 9.78 Å². The number of anilines is 1. The van der Waals surface area contributed by atoms with Crippen molar-refractivity contribution in [2.45, 2.75) is 19.5 Å². The highest BCUT2D eigenvalue weighted by atomic mass is 19.4. The van der Waals surface area contributed by atoms with E-state index in [1.165, 1.54) is 12.4 Å². The zero-order chi connectivity index (χ0) is 22.3. The number of carbonyl (C=O) groups is 1. The fourth-order valence-electron chi connectivity index (χ4n) is 2.66. The van der Waals surface area contributed by atoms with Crippen LogP contribution in [0.2, 0.25) is 0 Å². The molecule has 3 aromatic rings. The highest BCUT2D eigenvalue weighted by molar-refractivity contribution is 6.04. The second-order valence-electron chi connectivity index (χ2n) is 6.46. The number of hydrogen-bond acceptors (Lipinski definition) is 5. The van der Waals surface area contributed by atoms with Gasteiger partial charge in [-0.25, -0.2) is 4.68 Å². The summed E-state index contributed by atoms with van der Waals surface area (Å²) in [4.78, 5) is 12.5. The molecule has 1 amide bonds. The van der Waals surface area contributed by atoms with Crippen molar-refractivity contribution in [3.05, 3.63) is 72.1 Å². The van der Waals surface area contributed by atoms with Crippen LogP contribution >= 0.6 is 0 Å². The number of hydrogen-bond donors (Lipinski definition) is 1. The molecule has 0 bridgehead atoms. The van der Waals surface area contributed by atoms with Crippen LogP contribution in [0.5, 0.6) is 11.5 Å². The number of amides is 1. The average Bonchev–Trinajstić information content (AvgIpc) is 3.18. The molecule has 31 heavy (non-hydrogen) atoms. The molecule has 2 aromatic carbocycles. The highest BCUT2D eigenvalue weighted by Crippen LogP contribution is 2.26. The molecule has 0 aliphatic carbocycles. The third kappa shape index (κ3) is 6.75. The van der Waals surface area contributed by atoms with Crippen molar-refractivity contribution in [3.63, 3.8) is 0 Å². The van der Waals surface area contributed by atoms with Gasteiger partial charge >= 0.3 is 6.18 Å². The normalized spacial score (nSPS) is 11.2. The fraction of sp³-hybridized carbons (Fsp3) is 0.238. The Labute approximate surface area is 176 Å². The van der Waals surface area contributed by atoms with E-state index in [0.29, 0.717) is 22.7 Å². The van der Waals surface area contributed by atoms with E-state index >= 15 is 0 Å². The Hall–Kier alpha value is -3.53. The molecule has 164 valence electrons. The van der Waals surface area contributed by atoms with E-state index in [1.807, 2.05) is 18.2 Å². The van der Waals surface area contributed by atoms with Crippen LogP contribution in [0, 0.1) is 0 Å². The summed E-state index contributed by atoms with van der Waals surface area (Å²) in [5.41, 5.74) is 1.49. The molecular weight excluding hydrogens is 415 g/mol. The summed E-state index contributed by atoms with van der Waals surface area (Å²) in [6.45, 7) is -1.53. The molecule has 1 aromatic heterocycles. The van der Waals surface area contributed by atoms with E-state index in [-0.39, 0.29) is 13.3 Å². The van der Waals surface area contributed by atoms with Gasteiger partial charge in [0.05, 0.1) is 25.2 Å². The third-order valence-corrected chi connectivity index (χ3v) is 4.03. The van der Waals surface area contributed by atoms with Crippen molar-refractivity contribution in [2.24, 2.45) is 0 Å². The van der Waals surface area contributed by atoms with Gasteiger partial charge in [-0.2, -0.15) is 18.3 Å². The van der Waals surface area contributed by atoms with Gasteiger partial charge in [0.2, 0.25) is 0 Å². The largest absolute Gasteiger partial charge is 0.493 e. The van der Waals surface area contributed by atoms with Gasteiger partial charge < -0.3 is 19.5 Å². The summed E-state index contributed by atoms with van der Waals surface area (Å²) in [6, 6.07) is 14.1. The van der Waals surface area contributed by atoms with Gasteiger partial charge in [0, 0.05) is 5.56 Å². The molecule has 10 heteroatoms. The second kappa shape index (κ2) is 9.98. The van der Waals surface area contributed by atoms with Crippen LogP contribution in [0.25, 0.3) is 0 Å². The molecule has 7 nitrogen and oxygen atoms in total. The van der Waals surface area contributed by atoms with Gasteiger partial charge in [0.15, 0.2) is 11.5 Å². The first-order chi connectivity index (χ1) is 14.8. The molecule has 0 aliphatic rings. The van der Waals surface area contributed by atoms with Crippen molar-refractivity contribution < 1.29 is 32.2 Å². The van der Waals surface area contributed by atoms with E-state index in [2.05, 4.69) is 15.2 Å². The molecule has 1 N–H and O–H groups in total. The minimum Gasteiger partial charge on any atom is -0.493 e. The lowest BCUT2D eigenvalue weighted by Crippen LogP contribution is -2.18. The number of ether oxygens (including phenoxy) is 3. The molecule has 0 radical (unpaired) electrons. The van der Waals surface area contributed by atoms with E-state index < -0.39 is 18.7 Å². The molecule has 1 heterocycles. The lowest BCUT2D eigenvalue weighted by atomic mass is 10.1. The van der Waals surface area contributed by atoms with Gasteiger partial charge in [0.25, 0.3) is 5.91 Å². The number of nitrogens with zero attached hydrogens (tertiary/aromatic N) is 2. The van der Waals surface area contributed by atoms with E-state index in [9.17, 15) is 18.0 Å². The highest BCUT2D eigenvalue weighted by Gasteiger charge is 2.27. The minimum atomic E-state index is -4.41. The van der Waals surface area contributed by atoms with Crippen LogP contribution in [-0.2, 0) is 18.1 Å². The Morgan fingerprint density at radius 2 is 1.90 bits per heavy atom. The first kappa shape index (κ1) is 22.2. The number of nitrogens with one attached hydrogen (secondary N) is 1. The van der Waals surface area contributed by atoms with Gasteiger partial charge in [-0.1, -0.05) is 24.3 Å². The zero-order valence-corrected chi connectivity index (χ0v) is 16.6. The maximum atomic E-state index is 12.5. The predicted molar refractivity (Wildman–Crippen MR) is 106 cm³/mol. The number of benzene rings is 2. The van der Waals surface area contributed by atoms with Crippen molar-refractivity contribution in [3.8, 4) is 11.5 Å². The number of methoxy groups -OCH3 is 1. The topological polar surface area (TPSA) is 74.6 Å². The number of halogens is 3. The number of para-hydroxylation sites is 2. The quantitative estimate of drug-likeness (QED) is 0.544. The Balaban J connectivity index is 1.56. The first-order valence-corrected chi connectivity index (χ1v) is 9.17. The Morgan fingerprint density at radius 1 is 1.13 bits per heavy atom. The molecule has 0 unspecified atom stereocenters. The van der Waals surface area contributed by atoms with Gasteiger partial charge in [-0.05, 0) is 29.8 Å². The van der Waals surface area contributed by atoms with Crippen LogP contribution < -0.4 is 14.8 Å². The van der Waals surface area contributed by atoms with Gasteiger partial charge in [0.1, 0.15) is 19.9 Å². The molecule has 0 atom stereocenters. The Bertz CT molecular complexity index is 1020. The molecular formula is C21H20F3N3O4. The van der Waals surface area contributed by atoms with Crippen LogP contribution in [0.4, 0.5) is 18.9 Å². The maximum absolute atomic E-state index is 12.5. The number of aromatic nitrogens is 2. The maximum Gasteiger partial charge on any atom is 0.411 e. The smallest absolute Gasteiger partial charge is 0.411 e. The summed E-state index contributed by atoms with van der Waals surface area (Å²) >= 11 is 0. The Kier molecular flexibility index (Phi) is 7.14. The first-order valence-electron chi connectivity index (χ1n) is 9.17. The Morgan fingerprint density at radius 3 is 2.65 bits per heavy atom. The monoisotopic (exact) mass is 435 g/mol. The predicted octanol–water partition coefficient (Wildman–Crippen LogP) is 4.26. The third-order valence-electron chi connectivity index (χ3n) is 4.03. The molecule has 0 fully saturated rings. The van der Waals surface area contributed by atoms with Crippen molar-refractivity contribution >= 4 is 11.6 Å². The molecule has 0 aliphatic heterocycles. The number of rotatable bonds is 9. The van der Waals surface area contributed by atoms with Crippen molar-refractivity contribution in [2.75, 3.05) is 19.0 Å². The number of alkyl halides is 3. The van der Waals surface area contributed by atoms with Crippen molar-refractivity contribution in [1.29, 1.82) is 0 Å².